The topological polar surface area (TPSA) is 66.8 Å². The number of carbonyl (C=O) groups is 2. The van der Waals surface area contributed by atoms with Gasteiger partial charge in [0.1, 0.15) is 11.5 Å². The van der Waals surface area contributed by atoms with Crippen molar-refractivity contribution in [2.75, 3.05) is 13.2 Å². The number of nitrogens with zero attached hydrogens (tertiary/aromatic N) is 1. The van der Waals surface area contributed by atoms with E-state index in [0.717, 1.165) is 93.1 Å². The third kappa shape index (κ3) is 4.20. The average molecular weight is 542 g/mol. The molecule has 6 aromatic rings. The van der Waals surface area contributed by atoms with E-state index in [1.807, 2.05) is 66.7 Å². The van der Waals surface area contributed by atoms with Gasteiger partial charge >= 0.3 is 0 Å². The molecule has 5 nitrogen and oxygen atoms in total. The lowest BCUT2D eigenvalue weighted by molar-refractivity contribution is 0.0607. The van der Waals surface area contributed by atoms with Gasteiger partial charge in [0.2, 0.25) is 0 Å². The summed E-state index contributed by atoms with van der Waals surface area (Å²) in [5.41, 5.74) is 1.20. The molecule has 204 valence electrons. The van der Waals surface area contributed by atoms with Gasteiger partial charge in [-0.1, -0.05) is 74.2 Å². The molecule has 2 amide bonds. The molecule has 0 aromatic heterocycles. The molecular formula is C36H31NO4. The number of rotatable bonds is 10. The highest BCUT2D eigenvalue weighted by Crippen LogP contribution is 2.46. The molecule has 0 fully saturated rings. The second kappa shape index (κ2) is 10.5. The minimum absolute atomic E-state index is 0.206. The normalized spacial score (nSPS) is 13.3. The molecule has 0 atom stereocenters. The van der Waals surface area contributed by atoms with Crippen LogP contribution in [0.15, 0.2) is 84.9 Å². The molecule has 0 radical (unpaired) electrons. The molecule has 0 saturated carbocycles. The van der Waals surface area contributed by atoms with E-state index < -0.39 is 0 Å². The summed E-state index contributed by atoms with van der Waals surface area (Å²) in [5, 5.41) is 17.1. The van der Waals surface area contributed by atoms with Crippen molar-refractivity contribution < 1.29 is 19.4 Å². The van der Waals surface area contributed by atoms with Crippen molar-refractivity contribution in [3.8, 4) is 11.5 Å². The molecule has 1 N–H and O–H groups in total. The van der Waals surface area contributed by atoms with Crippen LogP contribution in [0.4, 0.5) is 0 Å². The molecule has 0 aliphatic carbocycles. The maximum Gasteiger partial charge on any atom is 0.261 e. The van der Waals surface area contributed by atoms with E-state index >= 15 is 0 Å². The Labute approximate surface area is 238 Å². The van der Waals surface area contributed by atoms with Crippen molar-refractivity contribution in [1.29, 1.82) is 0 Å². The van der Waals surface area contributed by atoms with Crippen molar-refractivity contribution in [2.24, 2.45) is 0 Å². The van der Waals surface area contributed by atoms with Crippen LogP contribution in [0.2, 0.25) is 0 Å². The van der Waals surface area contributed by atoms with Crippen LogP contribution in [-0.2, 0) is 0 Å². The van der Waals surface area contributed by atoms with E-state index in [9.17, 15) is 9.59 Å². The van der Waals surface area contributed by atoms with Gasteiger partial charge in [-0.15, -0.1) is 0 Å². The number of para-hydroxylation sites is 1. The van der Waals surface area contributed by atoms with Crippen molar-refractivity contribution >= 4 is 54.9 Å². The van der Waals surface area contributed by atoms with Crippen LogP contribution in [0.5, 0.6) is 11.5 Å². The molecule has 1 aliphatic rings. The van der Waals surface area contributed by atoms with Crippen molar-refractivity contribution in [1.82, 2.24) is 4.90 Å². The zero-order chi connectivity index (χ0) is 27.9. The number of fused-ring (bicyclic) bond motifs is 2. The van der Waals surface area contributed by atoms with Gasteiger partial charge in [-0.3, -0.25) is 14.5 Å². The number of ether oxygens (including phenoxy) is 1. The summed E-state index contributed by atoms with van der Waals surface area (Å²) >= 11 is 0. The van der Waals surface area contributed by atoms with Gasteiger partial charge in [-0.2, -0.15) is 0 Å². The zero-order valence-electron chi connectivity index (χ0n) is 22.9. The van der Waals surface area contributed by atoms with Gasteiger partial charge in [0, 0.05) is 40.4 Å². The summed E-state index contributed by atoms with van der Waals surface area (Å²) in [4.78, 5) is 28.8. The summed E-state index contributed by atoms with van der Waals surface area (Å²) in [6, 6.07) is 28.0. The van der Waals surface area contributed by atoms with Gasteiger partial charge in [0.15, 0.2) is 0 Å². The number of hydrogen-bond acceptors (Lipinski definition) is 4. The molecule has 1 heterocycles. The fraction of sp³-hybridized carbons (Fsp3) is 0.222. The summed E-state index contributed by atoms with van der Waals surface area (Å²) in [6.45, 7) is 0.657. The van der Waals surface area contributed by atoms with Crippen LogP contribution in [0.3, 0.4) is 0 Å². The number of unbranched alkanes of at least 4 members (excludes halogenated alkanes) is 5. The van der Waals surface area contributed by atoms with Gasteiger partial charge in [0.05, 0.1) is 0 Å². The van der Waals surface area contributed by atoms with Crippen LogP contribution in [0.1, 0.15) is 59.2 Å². The fourth-order valence-electron chi connectivity index (χ4n) is 6.51. The summed E-state index contributed by atoms with van der Waals surface area (Å²) in [7, 11) is 0. The Balaban J connectivity index is 1.30. The zero-order valence-corrected chi connectivity index (χ0v) is 22.9. The molecule has 1 aliphatic heterocycles. The number of imide groups is 1. The molecule has 6 aromatic carbocycles. The monoisotopic (exact) mass is 541 g/mol. The predicted octanol–water partition coefficient (Wildman–Crippen LogP) is 8.46. The molecule has 0 saturated heterocycles. The first-order chi connectivity index (χ1) is 20.2. The third-order valence-corrected chi connectivity index (χ3v) is 8.45. The Morgan fingerprint density at radius 2 is 1.12 bits per heavy atom. The summed E-state index contributed by atoms with van der Waals surface area (Å²) in [5.74, 6) is 1.16. The molecule has 5 heteroatoms. The van der Waals surface area contributed by atoms with Crippen LogP contribution in [0, 0.1) is 0 Å². The van der Waals surface area contributed by atoms with E-state index in [1.54, 1.807) is 0 Å². The fourth-order valence-corrected chi connectivity index (χ4v) is 6.51. The highest BCUT2D eigenvalue weighted by molar-refractivity contribution is 6.38. The van der Waals surface area contributed by atoms with E-state index in [-0.39, 0.29) is 18.4 Å². The third-order valence-electron chi connectivity index (χ3n) is 8.45. The van der Waals surface area contributed by atoms with E-state index in [2.05, 4.69) is 18.2 Å². The maximum absolute atomic E-state index is 13.7. The first-order valence-corrected chi connectivity index (χ1v) is 14.5. The van der Waals surface area contributed by atoms with E-state index in [0.29, 0.717) is 17.7 Å². The number of hydrogen-bond donors (Lipinski definition) is 1. The Morgan fingerprint density at radius 1 is 0.537 bits per heavy atom. The molecule has 0 bridgehead atoms. The second-order valence-electron chi connectivity index (χ2n) is 10.9. The Bertz CT molecular complexity index is 1860. The number of aliphatic hydroxyl groups excluding tert-OH is 1. The first kappa shape index (κ1) is 25.5. The molecule has 0 spiro atoms. The lowest BCUT2D eigenvalue weighted by Crippen LogP contribution is -2.40. The molecule has 0 unspecified atom stereocenters. The Hall–Kier alpha value is -4.48. The standard InChI is InChI=1S/C36H31NO4/c38-22-9-4-2-1-3-8-21-37-35(39)29-17-15-26-24-13-10-14-28-31(41-23-11-6-5-7-12-23)20-19-25(32(24)28)27-16-18-30(36(37)40)34(29)33(26)27/h5-7,10-20,38H,1-4,8-9,21-22H2. The van der Waals surface area contributed by atoms with Gasteiger partial charge in [-0.25, -0.2) is 0 Å². The maximum atomic E-state index is 13.7. The van der Waals surface area contributed by atoms with Crippen LogP contribution < -0.4 is 4.74 Å². The summed E-state index contributed by atoms with van der Waals surface area (Å²) in [6.07, 6.45) is 5.68. The number of aliphatic hydroxyl groups is 1. The number of amides is 2. The van der Waals surface area contributed by atoms with Crippen molar-refractivity contribution in [3.05, 3.63) is 96.1 Å². The van der Waals surface area contributed by atoms with E-state index in [4.69, 9.17) is 9.84 Å². The molecule has 41 heavy (non-hydrogen) atoms. The van der Waals surface area contributed by atoms with Crippen molar-refractivity contribution in [2.45, 2.75) is 38.5 Å². The SMILES string of the molecule is O=C1c2ccc3c4cccc5c(Oc6ccccc6)ccc(c6ccc(c2c36)C(=O)N1CCCCCCCCO)c54. The summed E-state index contributed by atoms with van der Waals surface area (Å²) < 4.78 is 6.30. The predicted molar refractivity (Wildman–Crippen MR) is 164 cm³/mol. The van der Waals surface area contributed by atoms with Crippen LogP contribution in [-0.4, -0.2) is 35.0 Å². The Kier molecular flexibility index (Phi) is 6.52. The second-order valence-corrected chi connectivity index (χ2v) is 10.9. The van der Waals surface area contributed by atoms with Gasteiger partial charge in [-0.05, 0) is 76.2 Å². The minimum Gasteiger partial charge on any atom is -0.457 e. The highest BCUT2D eigenvalue weighted by atomic mass is 16.5. The number of benzene rings is 6. The van der Waals surface area contributed by atoms with E-state index in [1.165, 1.54) is 4.90 Å². The largest absolute Gasteiger partial charge is 0.457 e. The highest BCUT2D eigenvalue weighted by Gasteiger charge is 2.33. The smallest absolute Gasteiger partial charge is 0.261 e. The lowest BCUT2D eigenvalue weighted by Gasteiger charge is -2.28. The van der Waals surface area contributed by atoms with Gasteiger partial charge in [0.25, 0.3) is 11.8 Å². The Morgan fingerprint density at radius 3 is 1.83 bits per heavy atom. The minimum atomic E-state index is -0.206. The number of carbonyl (C=O) groups excluding carboxylic acids is 2. The van der Waals surface area contributed by atoms with Crippen LogP contribution in [0.25, 0.3) is 43.1 Å². The van der Waals surface area contributed by atoms with Gasteiger partial charge < -0.3 is 9.84 Å². The molecule has 7 rings (SSSR count). The lowest BCUT2D eigenvalue weighted by atomic mass is 9.84. The molecular weight excluding hydrogens is 510 g/mol. The van der Waals surface area contributed by atoms with Crippen LogP contribution >= 0.6 is 0 Å². The quantitative estimate of drug-likeness (QED) is 0.0818. The first-order valence-electron chi connectivity index (χ1n) is 14.5. The van der Waals surface area contributed by atoms with Crippen molar-refractivity contribution in [3.63, 3.8) is 0 Å². The average Bonchev–Trinajstić information content (AvgIpc) is 3.01.